The molecule has 1 heterocycles. The van der Waals surface area contributed by atoms with Gasteiger partial charge in [-0.15, -0.1) is 0 Å². The zero-order chi connectivity index (χ0) is 15.4. The number of benzene rings is 1. The van der Waals surface area contributed by atoms with Gasteiger partial charge in [0.05, 0.1) is 6.61 Å². The summed E-state index contributed by atoms with van der Waals surface area (Å²) in [6.45, 7) is 3.76. The van der Waals surface area contributed by atoms with Crippen molar-refractivity contribution >= 4 is 23.4 Å². The minimum atomic E-state index is -0.786. The number of nitrogens with two attached hydrogens (primary N) is 1. The maximum Gasteiger partial charge on any atom is 0.347 e. The van der Waals surface area contributed by atoms with Gasteiger partial charge in [-0.2, -0.15) is 4.98 Å². The van der Waals surface area contributed by atoms with Crippen molar-refractivity contribution in [2.45, 2.75) is 13.8 Å². The van der Waals surface area contributed by atoms with Crippen molar-refractivity contribution in [3.05, 3.63) is 45.7 Å². The van der Waals surface area contributed by atoms with Crippen molar-refractivity contribution in [1.82, 2.24) is 9.97 Å². The number of carbonyl (C=O) groups is 1. The summed E-state index contributed by atoms with van der Waals surface area (Å²) in [5, 5.41) is 2.91. The molecule has 0 spiro atoms. The average Bonchev–Trinajstić information content (AvgIpc) is 2.41. The molecule has 0 saturated carbocycles. The van der Waals surface area contributed by atoms with E-state index >= 15 is 0 Å². The molecule has 110 valence electrons. The van der Waals surface area contributed by atoms with Crippen LogP contribution in [0.3, 0.4) is 0 Å². The molecule has 1 aromatic heterocycles. The first-order chi connectivity index (χ1) is 10.0. The number of aromatic amines is 1. The second-order valence-electron chi connectivity index (χ2n) is 4.39. The maximum atomic E-state index is 11.9. The van der Waals surface area contributed by atoms with Crippen LogP contribution in [0.2, 0.25) is 0 Å². The molecular weight excluding hydrogens is 272 g/mol. The molecule has 0 aliphatic carbocycles. The van der Waals surface area contributed by atoms with Crippen LogP contribution in [0, 0.1) is 6.92 Å². The van der Waals surface area contributed by atoms with E-state index in [0.29, 0.717) is 0 Å². The molecule has 2 aromatic rings. The lowest BCUT2D eigenvalue weighted by Crippen LogP contribution is -2.24. The highest BCUT2D eigenvalue weighted by atomic mass is 16.5. The fourth-order valence-electron chi connectivity index (χ4n) is 1.72. The predicted octanol–water partition coefficient (Wildman–Crippen LogP) is 1.58. The van der Waals surface area contributed by atoms with Gasteiger partial charge < -0.3 is 15.8 Å². The number of aryl methyl sites for hydroxylation is 1. The normalized spacial score (nSPS) is 10.2. The number of anilines is 3. The van der Waals surface area contributed by atoms with Gasteiger partial charge >= 0.3 is 5.97 Å². The third-order valence-corrected chi connectivity index (χ3v) is 2.74. The molecule has 0 atom stereocenters. The molecule has 0 aliphatic heterocycles. The van der Waals surface area contributed by atoms with Crippen LogP contribution < -0.4 is 16.6 Å². The minimum absolute atomic E-state index is 0.154. The van der Waals surface area contributed by atoms with E-state index in [1.54, 1.807) is 6.92 Å². The summed E-state index contributed by atoms with van der Waals surface area (Å²) in [7, 11) is 0. The molecule has 1 aromatic carbocycles. The molecule has 0 radical (unpaired) electrons. The zero-order valence-corrected chi connectivity index (χ0v) is 11.8. The molecule has 7 nitrogen and oxygen atoms in total. The number of aromatic nitrogens is 2. The van der Waals surface area contributed by atoms with Crippen molar-refractivity contribution in [3.8, 4) is 0 Å². The van der Waals surface area contributed by atoms with Crippen LogP contribution in [0.25, 0.3) is 0 Å². The van der Waals surface area contributed by atoms with Crippen LogP contribution in [0.5, 0.6) is 0 Å². The SMILES string of the molecule is CCOC(=O)c1c(N)nc(Nc2ccc(C)cc2)[nH]c1=O. The molecular formula is C14H16N4O3. The highest BCUT2D eigenvalue weighted by Gasteiger charge is 2.18. The summed E-state index contributed by atoms with van der Waals surface area (Å²) < 4.78 is 4.76. The lowest BCUT2D eigenvalue weighted by Gasteiger charge is -2.08. The first-order valence-electron chi connectivity index (χ1n) is 6.42. The molecule has 0 unspecified atom stereocenters. The number of ether oxygens (including phenoxy) is 1. The molecule has 0 aliphatic rings. The third kappa shape index (κ3) is 3.38. The average molecular weight is 288 g/mol. The van der Waals surface area contributed by atoms with Gasteiger partial charge in [-0.05, 0) is 26.0 Å². The highest BCUT2D eigenvalue weighted by molar-refractivity contribution is 5.93. The Balaban J connectivity index is 2.29. The Bertz CT molecular complexity index is 707. The first-order valence-corrected chi connectivity index (χ1v) is 6.42. The van der Waals surface area contributed by atoms with Gasteiger partial charge in [-0.3, -0.25) is 9.78 Å². The summed E-state index contributed by atoms with van der Waals surface area (Å²) in [4.78, 5) is 29.9. The van der Waals surface area contributed by atoms with Crippen molar-refractivity contribution < 1.29 is 9.53 Å². The van der Waals surface area contributed by atoms with E-state index in [1.165, 1.54) is 0 Å². The fraction of sp³-hybridized carbons (Fsp3) is 0.214. The Morgan fingerprint density at radius 1 is 1.38 bits per heavy atom. The zero-order valence-electron chi connectivity index (χ0n) is 11.8. The molecule has 7 heteroatoms. The molecule has 21 heavy (non-hydrogen) atoms. The molecule has 0 bridgehead atoms. The number of rotatable bonds is 4. The summed E-state index contributed by atoms with van der Waals surface area (Å²) in [5.74, 6) is -0.799. The van der Waals surface area contributed by atoms with Crippen molar-refractivity contribution in [2.24, 2.45) is 0 Å². The van der Waals surface area contributed by atoms with Crippen LogP contribution in [0.15, 0.2) is 29.1 Å². The van der Waals surface area contributed by atoms with E-state index in [4.69, 9.17) is 10.5 Å². The quantitative estimate of drug-likeness (QED) is 0.737. The van der Waals surface area contributed by atoms with Crippen LogP contribution in [-0.2, 0) is 4.74 Å². The summed E-state index contributed by atoms with van der Waals surface area (Å²) in [5.41, 5.74) is 6.58. The van der Waals surface area contributed by atoms with Crippen LogP contribution in [-0.4, -0.2) is 22.5 Å². The van der Waals surface area contributed by atoms with E-state index in [1.807, 2.05) is 31.2 Å². The fourth-order valence-corrected chi connectivity index (χ4v) is 1.72. The van der Waals surface area contributed by atoms with Crippen LogP contribution in [0.1, 0.15) is 22.8 Å². The van der Waals surface area contributed by atoms with Gasteiger partial charge in [0.15, 0.2) is 5.56 Å². The molecule has 0 fully saturated rings. The van der Waals surface area contributed by atoms with E-state index in [2.05, 4.69) is 15.3 Å². The first kappa shape index (κ1) is 14.6. The Labute approximate surface area is 121 Å². The van der Waals surface area contributed by atoms with Crippen LogP contribution in [0.4, 0.5) is 17.5 Å². The molecule has 0 saturated heterocycles. The largest absolute Gasteiger partial charge is 0.462 e. The number of nitrogens with one attached hydrogen (secondary N) is 2. The summed E-state index contributed by atoms with van der Waals surface area (Å²) in [6, 6.07) is 7.50. The van der Waals surface area contributed by atoms with Gasteiger partial charge in [0.25, 0.3) is 5.56 Å². The Morgan fingerprint density at radius 2 is 2.05 bits per heavy atom. The molecule has 4 N–H and O–H groups in total. The smallest absolute Gasteiger partial charge is 0.347 e. The molecule has 2 rings (SSSR count). The highest BCUT2D eigenvalue weighted by Crippen LogP contribution is 2.14. The predicted molar refractivity (Wildman–Crippen MR) is 79.7 cm³/mol. The third-order valence-electron chi connectivity index (χ3n) is 2.74. The number of carbonyl (C=O) groups excluding carboxylic acids is 1. The minimum Gasteiger partial charge on any atom is -0.462 e. The summed E-state index contributed by atoms with van der Waals surface area (Å²) >= 11 is 0. The maximum absolute atomic E-state index is 11.9. The van der Waals surface area contributed by atoms with E-state index in [9.17, 15) is 9.59 Å². The van der Waals surface area contributed by atoms with Gasteiger partial charge in [0.2, 0.25) is 5.95 Å². The Morgan fingerprint density at radius 3 is 2.62 bits per heavy atom. The summed E-state index contributed by atoms with van der Waals surface area (Å²) in [6.07, 6.45) is 0. The van der Waals surface area contributed by atoms with Crippen molar-refractivity contribution in [2.75, 3.05) is 17.7 Å². The number of hydrogen-bond donors (Lipinski definition) is 3. The lowest BCUT2D eigenvalue weighted by molar-refractivity contribution is 0.0525. The number of H-pyrrole nitrogens is 1. The second kappa shape index (κ2) is 6.08. The number of nitrogen functional groups attached to an aromatic ring is 1. The van der Waals surface area contributed by atoms with Crippen molar-refractivity contribution in [3.63, 3.8) is 0 Å². The van der Waals surface area contributed by atoms with Gasteiger partial charge in [0.1, 0.15) is 5.82 Å². The van der Waals surface area contributed by atoms with Crippen LogP contribution >= 0.6 is 0 Å². The van der Waals surface area contributed by atoms with Gasteiger partial charge in [-0.1, -0.05) is 17.7 Å². The van der Waals surface area contributed by atoms with E-state index < -0.39 is 11.5 Å². The monoisotopic (exact) mass is 288 g/mol. The Hall–Kier alpha value is -2.83. The van der Waals surface area contributed by atoms with Gasteiger partial charge in [-0.25, -0.2) is 4.79 Å². The lowest BCUT2D eigenvalue weighted by atomic mass is 10.2. The number of hydrogen-bond acceptors (Lipinski definition) is 6. The van der Waals surface area contributed by atoms with Gasteiger partial charge in [0, 0.05) is 5.69 Å². The van der Waals surface area contributed by atoms with E-state index in [0.717, 1.165) is 11.3 Å². The topological polar surface area (TPSA) is 110 Å². The molecule has 0 amide bonds. The number of esters is 1. The van der Waals surface area contributed by atoms with Crippen molar-refractivity contribution in [1.29, 1.82) is 0 Å². The Kier molecular flexibility index (Phi) is 4.22. The second-order valence-corrected chi connectivity index (χ2v) is 4.39. The standard InChI is InChI=1S/C14H16N4O3/c1-3-21-13(20)10-11(15)17-14(18-12(10)19)16-9-6-4-8(2)5-7-9/h4-7H,3H2,1-2H3,(H4,15,16,17,18,19). The van der Waals surface area contributed by atoms with E-state index in [-0.39, 0.29) is 23.9 Å². The number of nitrogens with zero attached hydrogens (tertiary/aromatic N) is 1.